The van der Waals surface area contributed by atoms with Crippen molar-refractivity contribution in [3.8, 4) is 5.75 Å². The van der Waals surface area contributed by atoms with Crippen molar-refractivity contribution < 1.29 is 9.84 Å². The Labute approximate surface area is 109 Å². The molecule has 1 saturated heterocycles. The van der Waals surface area contributed by atoms with Crippen molar-refractivity contribution in [3.63, 3.8) is 0 Å². The zero-order valence-corrected chi connectivity index (χ0v) is 11.3. The molecule has 0 spiro atoms. The van der Waals surface area contributed by atoms with Crippen molar-refractivity contribution in [1.29, 1.82) is 0 Å². The number of hydrogen-bond acceptors (Lipinski definition) is 3. The third-order valence-electron chi connectivity index (χ3n) is 4.03. The molecule has 100 valence electrons. The van der Waals surface area contributed by atoms with Gasteiger partial charge in [-0.25, -0.2) is 0 Å². The molecule has 18 heavy (non-hydrogen) atoms. The number of aliphatic hydroxyl groups is 1. The van der Waals surface area contributed by atoms with Crippen LogP contribution in [0, 0.1) is 5.92 Å². The molecule has 0 amide bonds. The van der Waals surface area contributed by atoms with Gasteiger partial charge in [-0.15, -0.1) is 0 Å². The Kier molecular flexibility index (Phi) is 4.61. The summed E-state index contributed by atoms with van der Waals surface area (Å²) in [7, 11) is 3.85. The number of likely N-dealkylation sites (tertiary alicyclic amines) is 1. The number of rotatable bonds is 4. The Morgan fingerprint density at radius 1 is 1.33 bits per heavy atom. The Hall–Kier alpha value is -1.06. The van der Waals surface area contributed by atoms with Gasteiger partial charge in [-0.1, -0.05) is 12.1 Å². The van der Waals surface area contributed by atoms with Crippen molar-refractivity contribution in [2.75, 3.05) is 27.3 Å². The van der Waals surface area contributed by atoms with Crippen molar-refractivity contribution in [3.05, 3.63) is 29.8 Å². The summed E-state index contributed by atoms with van der Waals surface area (Å²) in [6, 6.07) is 8.71. The first-order valence-corrected chi connectivity index (χ1v) is 6.68. The molecule has 0 aromatic heterocycles. The molecule has 1 aliphatic rings. The smallest absolute Gasteiger partial charge is 0.118 e. The molecular weight excluding hydrogens is 226 g/mol. The van der Waals surface area contributed by atoms with E-state index in [0.29, 0.717) is 18.6 Å². The first-order valence-electron chi connectivity index (χ1n) is 6.68. The van der Waals surface area contributed by atoms with Crippen LogP contribution in [0.1, 0.15) is 18.4 Å². The van der Waals surface area contributed by atoms with Crippen LogP contribution in [0.3, 0.4) is 0 Å². The lowest BCUT2D eigenvalue weighted by atomic mass is 9.86. The molecule has 2 atom stereocenters. The van der Waals surface area contributed by atoms with E-state index in [1.165, 1.54) is 12.0 Å². The number of ether oxygens (including phenoxy) is 1. The van der Waals surface area contributed by atoms with Gasteiger partial charge < -0.3 is 14.7 Å². The second-order valence-electron chi connectivity index (χ2n) is 5.19. The van der Waals surface area contributed by atoms with E-state index in [1.807, 2.05) is 12.1 Å². The number of methoxy groups -OCH3 is 1. The van der Waals surface area contributed by atoms with Gasteiger partial charge in [-0.3, -0.25) is 0 Å². The minimum Gasteiger partial charge on any atom is -0.497 e. The van der Waals surface area contributed by atoms with Crippen LogP contribution in [0.2, 0.25) is 0 Å². The molecule has 0 bridgehead atoms. The zero-order chi connectivity index (χ0) is 13.0. The molecule has 1 fully saturated rings. The Bertz CT molecular complexity index is 363. The summed E-state index contributed by atoms with van der Waals surface area (Å²) in [4.78, 5) is 2.38. The number of aliphatic hydroxyl groups excluding tert-OH is 1. The summed E-state index contributed by atoms with van der Waals surface area (Å²) in [6.45, 7) is 1.43. The van der Waals surface area contributed by atoms with E-state index >= 15 is 0 Å². The van der Waals surface area contributed by atoms with Gasteiger partial charge in [0.2, 0.25) is 0 Å². The van der Waals surface area contributed by atoms with Crippen LogP contribution in [0.4, 0.5) is 0 Å². The molecule has 3 nitrogen and oxygen atoms in total. The lowest BCUT2D eigenvalue weighted by Gasteiger charge is -2.38. The van der Waals surface area contributed by atoms with E-state index in [2.05, 4.69) is 24.1 Å². The molecule has 0 saturated carbocycles. The predicted octanol–water partition coefficient (Wildman–Crippen LogP) is 1.94. The molecular formula is C15H23NO2. The van der Waals surface area contributed by atoms with E-state index < -0.39 is 0 Å². The van der Waals surface area contributed by atoms with Gasteiger partial charge >= 0.3 is 0 Å². The maximum atomic E-state index is 9.49. The van der Waals surface area contributed by atoms with E-state index in [1.54, 1.807) is 7.11 Å². The average molecular weight is 249 g/mol. The summed E-state index contributed by atoms with van der Waals surface area (Å²) in [5.74, 6) is 1.31. The van der Waals surface area contributed by atoms with E-state index in [0.717, 1.165) is 25.1 Å². The number of nitrogens with zero attached hydrogens (tertiary/aromatic N) is 1. The van der Waals surface area contributed by atoms with Gasteiger partial charge in [0.15, 0.2) is 0 Å². The Morgan fingerprint density at radius 3 is 2.67 bits per heavy atom. The molecule has 1 N–H and O–H groups in total. The van der Waals surface area contributed by atoms with Gasteiger partial charge in [-0.2, -0.15) is 0 Å². The highest BCUT2D eigenvalue weighted by atomic mass is 16.5. The van der Waals surface area contributed by atoms with Gasteiger partial charge in [0.25, 0.3) is 0 Å². The minimum atomic E-state index is 0.297. The summed E-state index contributed by atoms with van der Waals surface area (Å²) >= 11 is 0. The van der Waals surface area contributed by atoms with Gasteiger partial charge in [0.1, 0.15) is 5.75 Å². The first kappa shape index (κ1) is 13.4. The molecule has 3 heteroatoms. The second kappa shape index (κ2) is 6.21. The number of benzene rings is 1. The van der Waals surface area contributed by atoms with Crippen LogP contribution in [0.5, 0.6) is 5.75 Å². The summed E-state index contributed by atoms with van der Waals surface area (Å²) < 4.78 is 5.17. The van der Waals surface area contributed by atoms with Crippen molar-refractivity contribution in [1.82, 2.24) is 4.90 Å². The normalized spacial score (nSPS) is 25.1. The van der Waals surface area contributed by atoms with Crippen LogP contribution in [0.15, 0.2) is 24.3 Å². The molecule has 1 aromatic carbocycles. The topological polar surface area (TPSA) is 32.7 Å². The monoisotopic (exact) mass is 249 g/mol. The third-order valence-corrected chi connectivity index (χ3v) is 4.03. The SMILES string of the molecule is COc1ccc(C[C@@H]2[C@H](CO)CCCN2C)cc1. The highest BCUT2D eigenvalue weighted by Gasteiger charge is 2.28. The standard InChI is InChI=1S/C15H23NO2/c1-16-9-3-4-13(11-17)15(16)10-12-5-7-14(18-2)8-6-12/h5-8,13,15,17H,3-4,9-11H2,1-2H3/t13-,15+/m0/s1. The highest BCUT2D eigenvalue weighted by Crippen LogP contribution is 2.25. The first-order chi connectivity index (χ1) is 8.74. The molecule has 0 aliphatic carbocycles. The number of likely N-dealkylation sites (N-methyl/N-ethyl adjacent to an activating group) is 1. The quantitative estimate of drug-likeness (QED) is 0.885. The average Bonchev–Trinajstić information content (AvgIpc) is 2.42. The fraction of sp³-hybridized carbons (Fsp3) is 0.600. The maximum absolute atomic E-state index is 9.49. The largest absolute Gasteiger partial charge is 0.497 e. The summed E-state index contributed by atoms with van der Waals surface area (Å²) in [5, 5.41) is 9.49. The molecule has 1 aromatic rings. The summed E-state index contributed by atoms with van der Waals surface area (Å²) in [5.41, 5.74) is 1.31. The van der Waals surface area contributed by atoms with E-state index in [-0.39, 0.29) is 0 Å². The van der Waals surface area contributed by atoms with E-state index in [4.69, 9.17) is 4.74 Å². The molecule has 0 unspecified atom stereocenters. The van der Waals surface area contributed by atoms with Crippen LogP contribution in [0.25, 0.3) is 0 Å². The van der Waals surface area contributed by atoms with Crippen LogP contribution >= 0.6 is 0 Å². The number of piperidine rings is 1. The second-order valence-corrected chi connectivity index (χ2v) is 5.19. The maximum Gasteiger partial charge on any atom is 0.118 e. The van der Waals surface area contributed by atoms with Gasteiger partial charge in [-0.05, 0) is 56.5 Å². The Morgan fingerprint density at radius 2 is 2.06 bits per heavy atom. The number of hydrogen-bond donors (Lipinski definition) is 1. The van der Waals surface area contributed by atoms with Gasteiger partial charge in [0.05, 0.1) is 7.11 Å². The summed E-state index contributed by atoms with van der Waals surface area (Å²) in [6.07, 6.45) is 3.34. The van der Waals surface area contributed by atoms with E-state index in [9.17, 15) is 5.11 Å². The molecule has 1 aliphatic heterocycles. The van der Waals surface area contributed by atoms with Crippen LogP contribution < -0.4 is 4.74 Å². The minimum absolute atomic E-state index is 0.297. The van der Waals surface area contributed by atoms with Crippen molar-refractivity contribution >= 4 is 0 Å². The lowest BCUT2D eigenvalue weighted by Crippen LogP contribution is -2.45. The van der Waals surface area contributed by atoms with Crippen molar-refractivity contribution in [2.24, 2.45) is 5.92 Å². The predicted molar refractivity (Wildman–Crippen MR) is 72.9 cm³/mol. The molecule has 1 heterocycles. The fourth-order valence-corrected chi connectivity index (χ4v) is 2.86. The zero-order valence-electron chi connectivity index (χ0n) is 11.3. The highest BCUT2D eigenvalue weighted by molar-refractivity contribution is 5.27. The van der Waals surface area contributed by atoms with Crippen LogP contribution in [-0.2, 0) is 6.42 Å². The molecule has 2 rings (SSSR count). The fourth-order valence-electron chi connectivity index (χ4n) is 2.86. The Balaban J connectivity index is 2.05. The van der Waals surface area contributed by atoms with Gasteiger partial charge in [0, 0.05) is 12.6 Å². The lowest BCUT2D eigenvalue weighted by molar-refractivity contribution is 0.0746. The molecule has 0 radical (unpaired) electrons. The third kappa shape index (κ3) is 3.03. The van der Waals surface area contributed by atoms with Crippen molar-refractivity contribution in [2.45, 2.75) is 25.3 Å². The van der Waals surface area contributed by atoms with Crippen LogP contribution in [-0.4, -0.2) is 43.4 Å².